The van der Waals surface area contributed by atoms with E-state index in [1.807, 2.05) is 11.0 Å². The van der Waals surface area contributed by atoms with E-state index >= 15 is 0 Å². The lowest BCUT2D eigenvalue weighted by Gasteiger charge is -2.32. The molecule has 0 radical (unpaired) electrons. The van der Waals surface area contributed by atoms with Crippen molar-refractivity contribution in [2.24, 2.45) is 0 Å². The fourth-order valence-corrected chi connectivity index (χ4v) is 3.05. The van der Waals surface area contributed by atoms with E-state index in [2.05, 4.69) is 10.2 Å². The molecule has 4 nitrogen and oxygen atoms in total. The van der Waals surface area contributed by atoms with Gasteiger partial charge in [-0.25, -0.2) is 4.39 Å². The Morgan fingerprint density at radius 2 is 2.23 bits per heavy atom. The minimum Gasteiger partial charge on any atom is -0.342 e. The smallest absolute Gasteiger partial charge is 0.222 e. The Morgan fingerprint density at radius 1 is 1.36 bits per heavy atom. The third-order valence-corrected chi connectivity index (χ3v) is 4.30. The number of piperidine rings is 1. The highest BCUT2D eigenvalue weighted by Crippen LogP contribution is 2.25. The quantitative estimate of drug-likeness (QED) is 0.944. The Balaban J connectivity index is 1.57. The van der Waals surface area contributed by atoms with Gasteiger partial charge in [-0.2, -0.15) is 5.10 Å². The van der Waals surface area contributed by atoms with Gasteiger partial charge in [0.05, 0.1) is 0 Å². The summed E-state index contributed by atoms with van der Waals surface area (Å²) in [5, 5.41) is 6.98. The van der Waals surface area contributed by atoms with E-state index in [0.717, 1.165) is 31.6 Å². The van der Waals surface area contributed by atoms with Crippen molar-refractivity contribution in [2.45, 2.75) is 31.6 Å². The Bertz CT molecular complexity index is 627. The van der Waals surface area contributed by atoms with Gasteiger partial charge in [0.15, 0.2) is 0 Å². The van der Waals surface area contributed by atoms with Crippen LogP contribution in [-0.2, 0) is 11.2 Å². The van der Waals surface area contributed by atoms with Crippen LogP contribution in [0.1, 0.15) is 36.4 Å². The zero-order valence-corrected chi connectivity index (χ0v) is 12.5. The third kappa shape index (κ3) is 3.35. The molecule has 1 aromatic heterocycles. The maximum Gasteiger partial charge on any atom is 0.222 e. The summed E-state index contributed by atoms with van der Waals surface area (Å²) >= 11 is 0. The number of carbonyl (C=O) groups excluding carboxylic acids is 1. The van der Waals surface area contributed by atoms with Crippen molar-refractivity contribution in [3.63, 3.8) is 0 Å². The van der Waals surface area contributed by atoms with E-state index in [9.17, 15) is 9.18 Å². The summed E-state index contributed by atoms with van der Waals surface area (Å²) in [6, 6.07) is 8.62. The Kier molecular flexibility index (Phi) is 4.51. The Hall–Kier alpha value is -2.17. The standard InChI is InChI=1S/C17H20FN3O/c18-15-6-2-1-4-13(15)7-8-17(22)21-11-3-5-14(12-21)16-9-10-19-20-16/h1-2,4,6,9-10,14H,3,5,7-8,11-12H2,(H,19,20). The van der Waals surface area contributed by atoms with Gasteiger partial charge < -0.3 is 4.90 Å². The molecule has 1 atom stereocenters. The molecule has 116 valence electrons. The maximum absolute atomic E-state index is 13.6. The average molecular weight is 301 g/mol. The Morgan fingerprint density at radius 3 is 3.00 bits per heavy atom. The van der Waals surface area contributed by atoms with E-state index in [-0.39, 0.29) is 11.7 Å². The summed E-state index contributed by atoms with van der Waals surface area (Å²) in [7, 11) is 0. The molecule has 0 bridgehead atoms. The number of amides is 1. The zero-order valence-electron chi connectivity index (χ0n) is 12.5. The van der Waals surface area contributed by atoms with E-state index in [1.54, 1.807) is 24.4 Å². The number of rotatable bonds is 4. The Labute approximate surface area is 129 Å². The van der Waals surface area contributed by atoms with Crippen LogP contribution in [-0.4, -0.2) is 34.1 Å². The third-order valence-electron chi connectivity index (χ3n) is 4.30. The molecule has 0 spiro atoms. The van der Waals surface area contributed by atoms with Crippen LogP contribution < -0.4 is 0 Å². The number of likely N-dealkylation sites (tertiary alicyclic amines) is 1. The average Bonchev–Trinajstić information content (AvgIpc) is 3.08. The highest BCUT2D eigenvalue weighted by molar-refractivity contribution is 5.76. The van der Waals surface area contributed by atoms with Crippen LogP contribution >= 0.6 is 0 Å². The van der Waals surface area contributed by atoms with Gasteiger partial charge >= 0.3 is 0 Å². The molecule has 1 aliphatic heterocycles. The lowest BCUT2D eigenvalue weighted by Crippen LogP contribution is -2.39. The number of hydrogen-bond acceptors (Lipinski definition) is 2. The number of nitrogens with one attached hydrogen (secondary N) is 1. The van der Waals surface area contributed by atoms with Crippen molar-refractivity contribution in [3.05, 3.63) is 53.6 Å². The molecule has 3 rings (SSSR count). The fraction of sp³-hybridized carbons (Fsp3) is 0.412. The van der Waals surface area contributed by atoms with Crippen molar-refractivity contribution in [1.82, 2.24) is 15.1 Å². The highest BCUT2D eigenvalue weighted by atomic mass is 19.1. The number of aromatic nitrogens is 2. The van der Waals surface area contributed by atoms with Crippen molar-refractivity contribution in [1.29, 1.82) is 0 Å². The molecule has 1 N–H and O–H groups in total. The summed E-state index contributed by atoms with van der Waals surface area (Å²) in [6.07, 6.45) is 4.62. The lowest BCUT2D eigenvalue weighted by molar-refractivity contribution is -0.132. The minimum atomic E-state index is -0.232. The number of H-pyrrole nitrogens is 1. The normalized spacial score (nSPS) is 18.4. The molecule has 2 aromatic rings. The van der Waals surface area contributed by atoms with Gasteiger partial charge in [0.25, 0.3) is 0 Å². The van der Waals surface area contributed by atoms with Crippen LogP contribution in [0, 0.1) is 5.82 Å². The number of aryl methyl sites for hydroxylation is 1. The molecular weight excluding hydrogens is 281 g/mol. The largest absolute Gasteiger partial charge is 0.342 e. The number of aromatic amines is 1. The number of hydrogen-bond donors (Lipinski definition) is 1. The van der Waals surface area contributed by atoms with Crippen LogP contribution in [0.4, 0.5) is 4.39 Å². The molecule has 1 aromatic carbocycles. The molecular formula is C17H20FN3O. The SMILES string of the molecule is O=C(CCc1ccccc1F)N1CCCC(c2ccn[nH]2)C1. The molecule has 2 heterocycles. The van der Waals surface area contributed by atoms with Crippen LogP contribution in [0.3, 0.4) is 0 Å². The van der Waals surface area contributed by atoms with Gasteiger partial charge in [-0.3, -0.25) is 9.89 Å². The molecule has 1 aliphatic rings. The molecule has 0 saturated carbocycles. The zero-order chi connectivity index (χ0) is 15.4. The number of carbonyl (C=O) groups is 1. The molecule has 1 amide bonds. The number of benzene rings is 1. The van der Waals surface area contributed by atoms with Gasteiger partial charge in [0, 0.05) is 37.3 Å². The van der Waals surface area contributed by atoms with E-state index in [4.69, 9.17) is 0 Å². The monoisotopic (exact) mass is 301 g/mol. The second kappa shape index (κ2) is 6.73. The van der Waals surface area contributed by atoms with Crippen molar-refractivity contribution < 1.29 is 9.18 Å². The first kappa shape index (κ1) is 14.8. The van der Waals surface area contributed by atoms with Gasteiger partial charge in [-0.1, -0.05) is 18.2 Å². The van der Waals surface area contributed by atoms with Gasteiger partial charge in [0.2, 0.25) is 5.91 Å². The second-order valence-electron chi connectivity index (χ2n) is 5.78. The summed E-state index contributed by atoms with van der Waals surface area (Å²) < 4.78 is 13.6. The van der Waals surface area contributed by atoms with Gasteiger partial charge in [0.1, 0.15) is 5.82 Å². The molecule has 5 heteroatoms. The number of nitrogens with zero attached hydrogens (tertiary/aromatic N) is 2. The first-order valence-corrected chi connectivity index (χ1v) is 7.74. The fourth-order valence-electron chi connectivity index (χ4n) is 3.05. The van der Waals surface area contributed by atoms with Crippen LogP contribution in [0.2, 0.25) is 0 Å². The first-order chi connectivity index (χ1) is 10.7. The van der Waals surface area contributed by atoms with Crippen LogP contribution in [0.25, 0.3) is 0 Å². The highest BCUT2D eigenvalue weighted by Gasteiger charge is 2.25. The van der Waals surface area contributed by atoms with E-state index in [1.165, 1.54) is 6.07 Å². The lowest BCUT2D eigenvalue weighted by atomic mass is 9.94. The first-order valence-electron chi connectivity index (χ1n) is 7.74. The minimum absolute atomic E-state index is 0.104. The van der Waals surface area contributed by atoms with Gasteiger partial charge in [-0.05, 0) is 37.0 Å². The molecule has 1 saturated heterocycles. The maximum atomic E-state index is 13.6. The van der Waals surface area contributed by atoms with Crippen LogP contribution in [0.15, 0.2) is 36.5 Å². The molecule has 0 aliphatic carbocycles. The summed E-state index contributed by atoms with van der Waals surface area (Å²) in [6.45, 7) is 1.51. The molecule has 1 fully saturated rings. The molecule has 1 unspecified atom stereocenters. The van der Waals surface area contributed by atoms with Crippen molar-refractivity contribution >= 4 is 5.91 Å². The number of halogens is 1. The predicted molar refractivity (Wildman–Crippen MR) is 81.9 cm³/mol. The van der Waals surface area contributed by atoms with E-state index < -0.39 is 0 Å². The summed E-state index contributed by atoms with van der Waals surface area (Å²) in [4.78, 5) is 14.3. The predicted octanol–water partition coefficient (Wildman–Crippen LogP) is 2.89. The summed E-state index contributed by atoms with van der Waals surface area (Å²) in [5.74, 6) is 0.199. The second-order valence-corrected chi connectivity index (χ2v) is 5.78. The topological polar surface area (TPSA) is 49.0 Å². The van der Waals surface area contributed by atoms with Crippen molar-refractivity contribution in [3.8, 4) is 0 Å². The summed E-state index contributed by atoms with van der Waals surface area (Å²) in [5.41, 5.74) is 1.70. The van der Waals surface area contributed by atoms with Crippen LogP contribution in [0.5, 0.6) is 0 Å². The van der Waals surface area contributed by atoms with Gasteiger partial charge in [-0.15, -0.1) is 0 Å². The van der Waals surface area contributed by atoms with Crippen molar-refractivity contribution in [2.75, 3.05) is 13.1 Å². The van der Waals surface area contributed by atoms with E-state index in [0.29, 0.717) is 24.3 Å². The molecule has 22 heavy (non-hydrogen) atoms.